The molecule has 2 aromatic rings. The van der Waals surface area contributed by atoms with Gasteiger partial charge in [-0.25, -0.2) is 4.39 Å². The molecule has 6 heteroatoms. The number of aromatic nitrogens is 1. The van der Waals surface area contributed by atoms with Crippen molar-refractivity contribution in [2.75, 3.05) is 5.32 Å². The maximum absolute atomic E-state index is 13.6. The second kappa shape index (κ2) is 7.00. The van der Waals surface area contributed by atoms with Crippen molar-refractivity contribution in [3.63, 3.8) is 0 Å². The average molecular weight is 315 g/mol. The van der Waals surface area contributed by atoms with Gasteiger partial charge in [0, 0.05) is 6.20 Å². The Morgan fingerprint density at radius 3 is 2.43 bits per heavy atom. The summed E-state index contributed by atoms with van der Waals surface area (Å²) < 4.78 is 13.6. The number of nitrogens with zero attached hydrogens (tertiary/aromatic N) is 1. The van der Waals surface area contributed by atoms with Gasteiger partial charge in [-0.2, -0.15) is 0 Å². The highest BCUT2D eigenvalue weighted by Gasteiger charge is 2.36. The van der Waals surface area contributed by atoms with Crippen LogP contribution < -0.4 is 10.6 Å². The van der Waals surface area contributed by atoms with Crippen LogP contribution in [0.3, 0.4) is 0 Å². The van der Waals surface area contributed by atoms with Crippen LogP contribution in [0.1, 0.15) is 19.5 Å². The number of carbonyl (C=O) groups excluding carboxylic acids is 2. The molecule has 0 atom stereocenters. The average Bonchev–Trinajstić information content (AvgIpc) is 2.55. The van der Waals surface area contributed by atoms with Gasteiger partial charge in [0.2, 0.25) is 11.8 Å². The van der Waals surface area contributed by atoms with Gasteiger partial charge in [-0.05, 0) is 38.1 Å². The summed E-state index contributed by atoms with van der Waals surface area (Å²) in [6, 6.07) is 11.2. The second-order valence-corrected chi connectivity index (χ2v) is 5.56. The minimum absolute atomic E-state index is 0.0445. The van der Waals surface area contributed by atoms with Gasteiger partial charge in [0.05, 0.1) is 17.9 Å². The number of hydrogen-bond acceptors (Lipinski definition) is 3. The number of anilines is 1. The predicted octanol–water partition coefficient (Wildman–Crippen LogP) is 2.50. The molecule has 0 fully saturated rings. The second-order valence-electron chi connectivity index (χ2n) is 5.56. The molecule has 1 aromatic carbocycles. The molecule has 0 aliphatic rings. The van der Waals surface area contributed by atoms with E-state index >= 15 is 0 Å². The standard InChI is InChI=1S/C17H18FN3O2/c1-17(2,15(22)20-11-12-7-5-6-10-19-12)16(23)21-14-9-4-3-8-13(14)18/h3-10H,11H2,1-2H3,(H,20,22)(H,21,23). The van der Waals surface area contributed by atoms with E-state index in [-0.39, 0.29) is 12.2 Å². The highest BCUT2D eigenvalue weighted by molar-refractivity contribution is 6.09. The van der Waals surface area contributed by atoms with Crippen molar-refractivity contribution in [2.24, 2.45) is 5.41 Å². The zero-order valence-electron chi connectivity index (χ0n) is 13.0. The Kier molecular flexibility index (Phi) is 5.05. The van der Waals surface area contributed by atoms with E-state index in [4.69, 9.17) is 0 Å². The molecule has 1 heterocycles. The van der Waals surface area contributed by atoms with Crippen LogP contribution in [0.5, 0.6) is 0 Å². The van der Waals surface area contributed by atoms with Crippen LogP contribution in [0.15, 0.2) is 48.7 Å². The van der Waals surface area contributed by atoms with Crippen LogP contribution in [-0.4, -0.2) is 16.8 Å². The Labute approximate surface area is 133 Å². The lowest BCUT2D eigenvalue weighted by Gasteiger charge is -2.22. The van der Waals surface area contributed by atoms with Crippen LogP contribution >= 0.6 is 0 Å². The molecule has 2 N–H and O–H groups in total. The van der Waals surface area contributed by atoms with E-state index < -0.39 is 23.0 Å². The molecular weight excluding hydrogens is 297 g/mol. The summed E-state index contributed by atoms with van der Waals surface area (Å²) in [7, 11) is 0. The van der Waals surface area contributed by atoms with Crippen LogP contribution in [0.4, 0.5) is 10.1 Å². The van der Waals surface area contributed by atoms with Crippen molar-refractivity contribution >= 4 is 17.5 Å². The molecule has 0 saturated heterocycles. The summed E-state index contributed by atoms with van der Waals surface area (Å²) in [5.74, 6) is -1.59. The minimum atomic E-state index is -1.35. The highest BCUT2D eigenvalue weighted by atomic mass is 19.1. The first-order valence-electron chi connectivity index (χ1n) is 7.15. The molecule has 0 unspecified atom stereocenters. The summed E-state index contributed by atoms with van der Waals surface area (Å²) in [6.07, 6.45) is 1.62. The molecule has 0 saturated carbocycles. The Morgan fingerprint density at radius 2 is 1.78 bits per heavy atom. The number of carbonyl (C=O) groups is 2. The third kappa shape index (κ3) is 4.12. The van der Waals surface area contributed by atoms with Crippen molar-refractivity contribution in [3.05, 3.63) is 60.2 Å². The zero-order valence-corrected chi connectivity index (χ0v) is 13.0. The number of rotatable bonds is 5. The monoisotopic (exact) mass is 315 g/mol. The van der Waals surface area contributed by atoms with E-state index in [1.54, 1.807) is 24.4 Å². The number of benzene rings is 1. The van der Waals surface area contributed by atoms with Gasteiger partial charge in [0.25, 0.3) is 0 Å². The molecule has 0 aliphatic heterocycles. The van der Waals surface area contributed by atoms with Crippen molar-refractivity contribution in [1.29, 1.82) is 0 Å². The van der Waals surface area contributed by atoms with E-state index in [0.29, 0.717) is 5.69 Å². The number of pyridine rings is 1. The van der Waals surface area contributed by atoms with Crippen molar-refractivity contribution in [3.8, 4) is 0 Å². The van der Waals surface area contributed by atoms with Crippen molar-refractivity contribution in [1.82, 2.24) is 10.3 Å². The SMILES string of the molecule is CC(C)(C(=O)NCc1ccccn1)C(=O)Nc1ccccc1F. The Hall–Kier alpha value is -2.76. The first kappa shape index (κ1) is 16.6. The van der Waals surface area contributed by atoms with E-state index in [1.165, 1.54) is 32.0 Å². The molecule has 0 bridgehead atoms. The topological polar surface area (TPSA) is 71.1 Å². The van der Waals surface area contributed by atoms with Crippen LogP contribution in [0.25, 0.3) is 0 Å². The number of hydrogen-bond donors (Lipinski definition) is 2. The third-order valence-corrected chi connectivity index (χ3v) is 3.41. The molecular formula is C17H18FN3O2. The zero-order chi connectivity index (χ0) is 16.9. The Bertz CT molecular complexity index is 702. The first-order chi connectivity index (χ1) is 10.9. The lowest BCUT2D eigenvalue weighted by Crippen LogP contribution is -2.45. The maximum Gasteiger partial charge on any atom is 0.239 e. The van der Waals surface area contributed by atoms with Crippen molar-refractivity contribution < 1.29 is 14.0 Å². The smallest absolute Gasteiger partial charge is 0.239 e. The largest absolute Gasteiger partial charge is 0.350 e. The van der Waals surface area contributed by atoms with Crippen LogP contribution in [-0.2, 0) is 16.1 Å². The molecule has 5 nitrogen and oxygen atoms in total. The summed E-state index contributed by atoms with van der Waals surface area (Å²) >= 11 is 0. The summed E-state index contributed by atoms with van der Waals surface area (Å²) in [4.78, 5) is 28.6. The fourth-order valence-corrected chi connectivity index (χ4v) is 1.84. The summed E-state index contributed by atoms with van der Waals surface area (Å²) in [5.41, 5.74) is -0.619. The molecule has 0 radical (unpaired) electrons. The van der Waals surface area contributed by atoms with Gasteiger partial charge in [-0.15, -0.1) is 0 Å². The lowest BCUT2D eigenvalue weighted by atomic mass is 9.91. The molecule has 0 aliphatic carbocycles. The number of amides is 2. The molecule has 2 rings (SSSR count). The molecule has 1 aromatic heterocycles. The summed E-state index contributed by atoms with van der Waals surface area (Å²) in [5, 5.41) is 5.10. The highest BCUT2D eigenvalue weighted by Crippen LogP contribution is 2.20. The Morgan fingerprint density at radius 1 is 1.09 bits per heavy atom. The first-order valence-corrected chi connectivity index (χ1v) is 7.15. The number of nitrogens with one attached hydrogen (secondary N) is 2. The fraction of sp³-hybridized carbons (Fsp3) is 0.235. The van der Waals surface area contributed by atoms with Crippen LogP contribution in [0, 0.1) is 11.2 Å². The lowest BCUT2D eigenvalue weighted by molar-refractivity contribution is -0.138. The van der Waals surface area contributed by atoms with Gasteiger partial charge in [-0.3, -0.25) is 14.6 Å². The van der Waals surface area contributed by atoms with Gasteiger partial charge >= 0.3 is 0 Å². The quantitative estimate of drug-likeness (QED) is 0.833. The molecule has 2 amide bonds. The number of para-hydroxylation sites is 1. The van der Waals surface area contributed by atoms with Gasteiger partial charge in [-0.1, -0.05) is 18.2 Å². The predicted molar refractivity (Wildman–Crippen MR) is 84.9 cm³/mol. The molecule has 0 spiro atoms. The minimum Gasteiger partial charge on any atom is -0.350 e. The maximum atomic E-state index is 13.6. The third-order valence-electron chi connectivity index (χ3n) is 3.41. The van der Waals surface area contributed by atoms with Gasteiger partial charge in [0.15, 0.2) is 0 Å². The normalized spacial score (nSPS) is 10.9. The van der Waals surface area contributed by atoms with E-state index in [2.05, 4.69) is 15.6 Å². The van der Waals surface area contributed by atoms with E-state index in [0.717, 1.165) is 0 Å². The molecule has 120 valence electrons. The van der Waals surface area contributed by atoms with E-state index in [1.807, 2.05) is 6.07 Å². The van der Waals surface area contributed by atoms with Gasteiger partial charge < -0.3 is 10.6 Å². The number of halogens is 1. The van der Waals surface area contributed by atoms with Crippen molar-refractivity contribution in [2.45, 2.75) is 20.4 Å². The van der Waals surface area contributed by atoms with Gasteiger partial charge in [0.1, 0.15) is 11.2 Å². The summed E-state index contributed by atoms with van der Waals surface area (Å²) in [6.45, 7) is 3.18. The van der Waals surface area contributed by atoms with Crippen LogP contribution in [0.2, 0.25) is 0 Å². The Balaban J connectivity index is 2.00. The molecule has 23 heavy (non-hydrogen) atoms. The van der Waals surface area contributed by atoms with E-state index in [9.17, 15) is 14.0 Å². The fourth-order valence-electron chi connectivity index (χ4n) is 1.84.